The van der Waals surface area contributed by atoms with Crippen LogP contribution in [0.2, 0.25) is 0 Å². The Hall–Kier alpha value is -6.00. The van der Waals surface area contributed by atoms with Crippen molar-refractivity contribution >= 4 is 66.7 Å². The number of nitrogens with zero attached hydrogens (tertiary/aromatic N) is 2. The topological polar surface area (TPSA) is 19.1 Å². The van der Waals surface area contributed by atoms with Gasteiger partial charge < -0.3 is 13.9 Å². The van der Waals surface area contributed by atoms with Crippen LogP contribution in [0.25, 0.3) is 55.0 Å². The van der Waals surface area contributed by atoms with Crippen LogP contribution in [0.4, 0.5) is 0 Å². The van der Waals surface area contributed by atoms with Crippen molar-refractivity contribution in [1.29, 1.82) is 0 Å². The van der Waals surface area contributed by atoms with Crippen LogP contribution in [0.15, 0.2) is 157 Å². The molecule has 1 aliphatic rings. The van der Waals surface area contributed by atoms with Gasteiger partial charge in [0.15, 0.2) is 0 Å². The van der Waals surface area contributed by atoms with Crippen LogP contribution < -0.4 is 21.1 Å². The van der Waals surface area contributed by atoms with Crippen molar-refractivity contribution in [2.75, 3.05) is 0 Å². The standard InChI is InChI=1S/C43H29BN2O/c1-28-22-24-36-43(26-28)47-42-21-11-6-16-35(42)44(36)34-15-5-10-20-41(34)46-39-19-9-4-14-32(39)33-27-29(23-25-40(33)46)45-37-17-7-2-12-30(37)31-13-3-8-18-38(31)45/h2-27H,1H3/i2D,3D,4D,6D,7D,8D,9D,10D,11D,12D,13D,14D,15D,16D,17D,18D,19D,20D,21D,22D,23D,24D,25D,26D,27D. The first-order valence-corrected chi connectivity index (χ1v) is 14.2. The molecule has 0 spiro atoms. The second-order valence-corrected chi connectivity index (χ2v) is 10.6. The van der Waals surface area contributed by atoms with Crippen LogP contribution in [0.1, 0.15) is 39.8 Å². The van der Waals surface area contributed by atoms with Crippen molar-refractivity contribution in [1.82, 2.24) is 9.13 Å². The lowest BCUT2D eigenvalue weighted by molar-refractivity contribution is 0.487. The number of benzene rings is 7. The molecule has 7 aromatic carbocycles. The Balaban J connectivity index is 1.48. The maximum atomic E-state index is 10.0. The Morgan fingerprint density at radius 2 is 1.11 bits per heavy atom. The van der Waals surface area contributed by atoms with Gasteiger partial charge in [0.05, 0.1) is 56.3 Å². The van der Waals surface area contributed by atoms with Crippen molar-refractivity contribution in [3.8, 4) is 22.9 Å². The third-order valence-corrected chi connectivity index (χ3v) is 8.05. The van der Waals surface area contributed by atoms with Crippen LogP contribution in [0, 0.1) is 6.92 Å². The van der Waals surface area contributed by atoms with E-state index in [2.05, 4.69) is 0 Å². The summed E-state index contributed by atoms with van der Waals surface area (Å²) in [5.74, 6) is -1.05. The number of hydrogen-bond acceptors (Lipinski definition) is 1. The molecule has 0 fully saturated rings. The Morgan fingerprint density at radius 1 is 0.489 bits per heavy atom. The molecule has 0 N–H and O–H groups in total. The lowest BCUT2D eigenvalue weighted by Gasteiger charge is -2.28. The second kappa shape index (κ2) is 10.0. The summed E-state index contributed by atoms with van der Waals surface area (Å²) in [6.07, 6.45) is 0. The monoisotopic (exact) mass is 625 g/mol. The Morgan fingerprint density at radius 3 is 1.87 bits per heavy atom. The number of para-hydroxylation sites is 5. The van der Waals surface area contributed by atoms with Gasteiger partial charge in [0.1, 0.15) is 11.5 Å². The van der Waals surface area contributed by atoms with Crippen molar-refractivity contribution in [2.45, 2.75) is 6.92 Å². The summed E-state index contributed by atoms with van der Waals surface area (Å²) in [4.78, 5) is 0. The zero-order valence-electron chi connectivity index (χ0n) is 49.0. The normalized spacial score (nSPS) is 19.9. The Labute approximate surface area is 308 Å². The fourth-order valence-corrected chi connectivity index (χ4v) is 6.13. The molecule has 0 radical (unpaired) electrons. The smallest absolute Gasteiger partial charge is 0.253 e. The fraction of sp³-hybridized carbons (Fsp3) is 0.0233. The van der Waals surface area contributed by atoms with Gasteiger partial charge in [-0.25, -0.2) is 0 Å². The van der Waals surface area contributed by atoms with E-state index in [1.54, 1.807) is 0 Å². The molecule has 0 aliphatic carbocycles. The van der Waals surface area contributed by atoms with Crippen LogP contribution in [-0.4, -0.2) is 15.8 Å². The molecule has 3 nitrogen and oxygen atoms in total. The highest BCUT2D eigenvalue weighted by atomic mass is 16.5. The van der Waals surface area contributed by atoms with Crippen molar-refractivity contribution in [2.24, 2.45) is 0 Å². The maximum Gasteiger partial charge on any atom is 0.253 e. The number of rotatable bonds is 3. The molecular formula is C43H29BN2O. The number of hydrogen-bond donors (Lipinski definition) is 0. The first kappa shape index (κ1) is 11.7. The van der Waals surface area contributed by atoms with Gasteiger partial charge in [-0.15, -0.1) is 0 Å². The fourth-order valence-electron chi connectivity index (χ4n) is 6.13. The summed E-state index contributed by atoms with van der Waals surface area (Å²) in [6.45, 7) is -0.546. The Kier molecular flexibility index (Phi) is 2.48. The van der Waals surface area contributed by atoms with E-state index in [4.69, 9.17) is 26.7 Å². The molecule has 10 rings (SSSR count). The van der Waals surface area contributed by atoms with E-state index in [0.717, 1.165) is 15.2 Å². The summed E-state index contributed by atoms with van der Waals surface area (Å²) < 4.78 is 234. The zero-order valence-corrected chi connectivity index (χ0v) is 24.0. The minimum absolute atomic E-state index is 0.0795. The molecule has 0 amide bonds. The molecule has 0 saturated heterocycles. The summed E-state index contributed by atoms with van der Waals surface area (Å²) in [6, 6.07) is -19.1. The highest BCUT2D eigenvalue weighted by Gasteiger charge is 2.34. The minimum atomic E-state index is -1.88. The Bertz CT molecular complexity index is 3960. The average molecular weight is 626 g/mol. The van der Waals surface area contributed by atoms with Crippen LogP contribution in [0.3, 0.4) is 0 Å². The van der Waals surface area contributed by atoms with E-state index in [0.29, 0.717) is 0 Å². The predicted octanol–water partition coefficient (Wildman–Crippen LogP) is 8.81. The molecule has 3 heterocycles. The quantitative estimate of drug-likeness (QED) is 0.180. The highest BCUT2D eigenvalue weighted by Crippen LogP contribution is 2.37. The van der Waals surface area contributed by atoms with Crippen molar-refractivity contribution in [3.05, 3.63) is 163 Å². The number of ether oxygens (including phenoxy) is 1. The van der Waals surface area contributed by atoms with E-state index in [1.165, 1.54) is 6.92 Å². The third kappa shape index (κ3) is 3.82. The molecule has 1 aliphatic heterocycles. The molecule has 0 atom stereocenters. The highest BCUT2D eigenvalue weighted by molar-refractivity contribution is 6.97. The van der Waals surface area contributed by atoms with Gasteiger partial charge in [-0.2, -0.15) is 0 Å². The van der Waals surface area contributed by atoms with Gasteiger partial charge in [-0.05, 0) is 83.3 Å². The molecule has 0 saturated carbocycles. The zero-order chi connectivity index (χ0) is 52.8. The van der Waals surface area contributed by atoms with E-state index >= 15 is 0 Å². The van der Waals surface area contributed by atoms with Gasteiger partial charge in [0.25, 0.3) is 6.71 Å². The van der Waals surface area contributed by atoms with Crippen LogP contribution in [0.5, 0.6) is 11.5 Å². The summed E-state index contributed by atoms with van der Waals surface area (Å²) in [5.41, 5.74) is -5.28. The van der Waals surface area contributed by atoms with Gasteiger partial charge in [0.2, 0.25) is 0 Å². The summed E-state index contributed by atoms with van der Waals surface area (Å²) in [7, 11) is 0. The first-order chi connectivity index (χ1) is 33.6. The average Bonchev–Trinajstić information content (AvgIpc) is 3.89. The van der Waals surface area contributed by atoms with E-state index in [1.807, 2.05) is 0 Å². The molecule has 220 valence electrons. The van der Waals surface area contributed by atoms with Crippen molar-refractivity contribution in [3.63, 3.8) is 0 Å². The molecule has 0 bridgehead atoms. The third-order valence-electron chi connectivity index (χ3n) is 8.05. The SMILES string of the molecule is [2H]c1cc([2H])c(B2c3c([2H])c([2H])c([2H])c([2H])c3Oc3c([2H])c(C)c([2H])c([2H])c32)c(-n2c3c([2H])c([2H])c([2H])c([2H])c3c3c([2H])c(-n4c5c([2H])c([2H])c([2H])c([2H])c5c5c([2H])c([2H])c([2H])c([2H])c54)c([2H])c([2H])c32)c1[2H]. The number of fused-ring (bicyclic) bond motifs is 8. The van der Waals surface area contributed by atoms with Gasteiger partial charge in [-0.1, -0.05) is 103 Å². The van der Waals surface area contributed by atoms with Gasteiger partial charge in [-0.3, -0.25) is 0 Å². The molecule has 2 aromatic heterocycles. The largest absolute Gasteiger partial charge is 0.458 e. The van der Waals surface area contributed by atoms with E-state index in [9.17, 15) is 12.3 Å². The van der Waals surface area contributed by atoms with Crippen LogP contribution >= 0.6 is 0 Å². The molecule has 9 aromatic rings. The number of aromatic nitrogens is 2. The van der Waals surface area contributed by atoms with Gasteiger partial charge in [0, 0.05) is 32.9 Å². The summed E-state index contributed by atoms with van der Waals surface area (Å²) >= 11 is 0. The lowest BCUT2D eigenvalue weighted by Crippen LogP contribution is -2.55. The molecule has 4 heteroatoms. The van der Waals surface area contributed by atoms with Gasteiger partial charge >= 0.3 is 0 Å². The summed E-state index contributed by atoms with van der Waals surface area (Å²) in [5, 5.41) is -2.05. The van der Waals surface area contributed by atoms with E-state index in [-0.39, 0.29) is 5.56 Å². The minimum Gasteiger partial charge on any atom is -0.458 e. The van der Waals surface area contributed by atoms with Crippen molar-refractivity contribution < 1.29 is 39.0 Å². The van der Waals surface area contributed by atoms with E-state index < -0.39 is 241 Å². The predicted molar refractivity (Wildman–Crippen MR) is 197 cm³/mol. The maximum absolute atomic E-state index is 10.0. The molecular weight excluding hydrogens is 571 g/mol. The molecule has 0 unspecified atom stereocenters. The molecule has 47 heavy (non-hydrogen) atoms. The van der Waals surface area contributed by atoms with Crippen LogP contribution in [-0.2, 0) is 0 Å². The first-order valence-electron chi connectivity index (χ1n) is 26.7. The second-order valence-electron chi connectivity index (χ2n) is 10.6. The lowest BCUT2D eigenvalue weighted by atomic mass is 9.35.